The highest BCUT2D eigenvalue weighted by atomic mass is 32.1. The summed E-state index contributed by atoms with van der Waals surface area (Å²) in [5.74, 6) is 0.812. The van der Waals surface area contributed by atoms with Crippen LogP contribution in [-0.4, -0.2) is 29.1 Å². The summed E-state index contributed by atoms with van der Waals surface area (Å²) < 4.78 is 5.70. The van der Waals surface area contributed by atoms with Gasteiger partial charge in [-0.1, -0.05) is 45.2 Å². The van der Waals surface area contributed by atoms with Gasteiger partial charge in [0.1, 0.15) is 11.4 Å². The molecule has 0 bridgehead atoms. The van der Waals surface area contributed by atoms with Gasteiger partial charge in [-0.15, -0.1) is 0 Å². The molecule has 1 aliphatic heterocycles. The lowest BCUT2D eigenvalue weighted by atomic mass is 10.2. The molecule has 0 atom stereocenters. The smallest absolute Gasteiger partial charge is 0.276 e. The van der Waals surface area contributed by atoms with Gasteiger partial charge in [0.2, 0.25) is 0 Å². The third-order valence-corrected chi connectivity index (χ3v) is 4.23. The zero-order valence-corrected chi connectivity index (χ0v) is 15.3. The second-order valence-corrected chi connectivity index (χ2v) is 6.31. The first kappa shape index (κ1) is 18.5. The number of nitrogens with zero attached hydrogens (tertiary/aromatic N) is 1. The first-order chi connectivity index (χ1) is 11.7. The average Bonchev–Trinajstić information content (AvgIpc) is 2.85. The summed E-state index contributed by atoms with van der Waals surface area (Å²) in [7, 11) is 0. The van der Waals surface area contributed by atoms with E-state index in [-0.39, 0.29) is 5.91 Å². The molecule has 4 nitrogen and oxygen atoms in total. The summed E-state index contributed by atoms with van der Waals surface area (Å²) in [5, 5.41) is 3.51. The molecule has 0 spiro atoms. The Morgan fingerprint density at radius 1 is 1.12 bits per heavy atom. The van der Waals surface area contributed by atoms with E-state index in [1.807, 2.05) is 30.3 Å². The molecule has 0 aromatic heterocycles. The van der Waals surface area contributed by atoms with Gasteiger partial charge in [0.15, 0.2) is 5.11 Å². The highest BCUT2D eigenvalue weighted by molar-refractivity contribution is 7.80. The number of thiocarbonyl (C=S) groups is 1. The van der Waals surface area contributed by atoms with E-state index in [2.05, 4.69) is 19.2 Å². The lowest BCUT2D eigenvalue weighted by Gasteiger charge is -2.12. The molecule has 1 aromatic rings. The minimum absolute atomic E-state index is 0.0478. The molecule has 1 aliphatic rings. The Morgan fingerprint density at radius 3 is 2.50 bits per heavy atom. The molecule has 0 aliphatic carbocycles. The van der Waals surface area contributed by atoms with Gasteiger partial charge < -0.3 is 10.1 Å². The molecule has 2 rings (SSSR count). The summed E-state index contributed by atoms with van der Waals surface area (Å²) in [5.41, 5.74) is 1.49. The zero-order valence-electron chi connectivity index (χ0n) is 14.5. The first-order valence-electron chi connectivity index (χ1n) is 8.73. The van der Waals surface area contributed by atoms with E-state index >= 15 is 0 Å². The Morgan fingerprint density at radius 2 is 1.83 bits per heavy atom. The largest absolute Gasteiger partial charge is 0.494 e. The zero-order chi connectivity index (χ0) is 17.4. The normalized spacial score (nSPS) is 15.9. The monoisotopic (exact) mass is 346 g/mol. The number of rotatable bonds is 9. The van der Waals surface area contributed by atoms with Crippen LogP contribution < -0.4 is 10.1 Å². The van der Waals surface area contributed by atoms with Crippen molar-refractivity contribution in [1.29, 1.82) is 0 Å². The van der Waals surface area contributed by atoms with Crippen molar-refractivity contribution in [3.63, 3.8) is 0 Å². The minimum atomic E-state index is -0.0478. The maximum absolute atomic E-state index is 12.4. The molecule has 0 radical (unpaired) electrons. The molecule has 5 heteroatoms. The van der Waals surface area contributed by atoms with Gasteiger partial charge in [-0.2, -0.15) is 0 Å². The number of benzene rings is 1. The van der Waals surface area contributed by atoms with Crippen molar-refractivity contribution < 1.29 is 9.53 Å². The molecule has 0 saturated carbocycles. The van der Waals surface area contributed by atoms with Crippen LogP contribution in [0.5, 0.6) is 5.75 Å². The van der Waals surface area contributed by atoms with Crippen LogP contribution in [0, 0.1) is 0 Å². The Hall–Kier alpha value is -1.88. The van der Waals surface area contributed by atoms with Crippen molar-refractivity contribution in [1.82, 2.24) is 10.2 Å². The molecule has 1 fully saturated rings. The number of hydrogen-bond acceptors (Lipinski definition) is 3. The second-order valence-electron chi connectivity index (χ2n) is 5.92. The van der Waals surface area contributed by atoms with Crippen LogP contribution in [0.25, 0.3) is 6.08 Å². The fraction of sp³-hybridized carbons (Fsp3) is 0.474. The first-order valence-corrected chi connectivity index (χ1v) is 9.14. The van der Waals surface area contributed by atoms with E-state index < -0.39 is 0 Å². The molecule has 1 amide bonds. The number of carbonyl (C=O) groups excluding carboxylic acids is 1. The molecule has 1 heterocycles. The highest BCUT2D eigenvalue weighted by Crippen LogP contribution is 2.18. The maximum atomic E-state index is 12.4. The molecule has 1 aromatic carbocycles. The summed E-state index contributed by atoms with van der Waals surface area (Å²) in [6.45, 7) is 5.69. The average molecular weight is 346 g/mol. The lowest BCUT2D eigenvalue weighted by molar-refractivity contribution is -0.122. The van der Waals surface area contributed by atoms with Crippen LogP contribution in [0.3, 0.4) is 0 Å². The summed E-state index contributed by atoms with van der Waals surface area (Å²) >= 11 is 5.25. The highest BCUT2D eigenvalue weighted by Gasteiger charge is 2.29. The van der Waals surface area contributed by atoms with Gasteiger partial charge in [0.25, 0.3) is 5.91 Å². The van der Waals surface area contributed by atoms with Crippen LogP contribution in [0.2, 0.25) is 0 Å². The summed E-state index contributed by atoms with van der Waals surface area (Å²) in [6.07, 6.45) is 7.27. The topological polar surface area (TPSA) is 41.6 Å². The lowest BCUT2D eigenvalue weighted by Crippen LogP contribution is -2.31. The predicted octanol–water partition coefficient (Wildman–Crippen LogP) is 4.11. The van der Waals surface area contributed by atoms with Gasteiger partial charge in [0, 0.05) is 6.54 Å². The Labute approximate surface area is 149 Å². The summed E-state index contributed by atoms with van der Waals surface area (Å²) in [4.78, 5) is 14.0. The van der Waals surface area contributed by atoms with Gasteiger partial charge >= 0.3 is 0 Å². The van der Waals surface area contributed by atoms with Crippen molar-refractivity contribution in [2.45, 2.75) is 46.0 Å². The van der Waals surface area contributed by atoms with E-state index in [0.29, 0.717) is 17.4 Å². The number of ether oxygens (including phenoxy) is 1. The molecular weight excluding hydrogens is 320 g/mol. The minimum Gasteiger partial charge on any atom is -0.494 e. The van der Waals surface area contributed by atoms with Gasteiger partial charge in [-0.3, -0.25) is 9.69 Å². The molecule has 130 valence electrons. The third-order valence-electron chi connectivity index (χ3n) is 3.91. The van der Waals surface area contributed by atoms with Gasteiger partial charge in [0.05, 0.1) is 6.61 Å². The van der Waals surface area contributed by atoms with E-state index in [1.54, 1.807) is 4.90 Å². The number of amides is 1. The van der Waals surface area contributed by atoms with Crippen molar-refractivity contribution in [2.24, 2.45) is 0 Å². The molecule has 1 saturated heterocycles. The number of carbonyl (C=O) groups is 1. The number of unbranched alkanes of at least 4 members (excludes halogenated alkanes) is 3. The third kappa shape index (κ3) is 5.06. The van der Waals surface area contributed by atoms with Crippen molar-refractivity contribution in [3.05, 3.63) is 35.5 Å². The van der Waals surface area contributed by atoms with Crippen molar-refractivity contribution >= 4 is 29.3 Å². The Balaban J connectivity index is 1.96. The van der Waals surface area contributed by atoms with Crippen LogP contribution >= 0.6 is 12.2 Å². The van der Waals surface area contributed by atoms with Crippen LogP contribution in [0.4, 0.5) is 0 Å². The number of hydrogen-bond donors (Lipinski definition) is 1. The fourth-order valence-corrected chi connectivity index (χ4v) is 2.74. The van der Waals surface area contributed by atoms with E-state index in [0.717, 1.165) is 37.2 Å². The van der Waals surface area contributed by atoms with E-state index in [4.69, 9.17) is 17.0 Å². The second kappa shape index (κ2) is 9.42. The molecule has 24 heavy (non-hydrogen) atoms. The van der Waals surface area contributed by atoms with Gasteiger partial charge in [-0.05, 0) is 48.8 Å². The van der Waals surface area contributed by atoms with Crippen LogP contribution in [0.1, 0.15) is 51.5 Å². The van der Waals surface area contributed by atoms with Crippen LogP contribution in [0.15, 0.2) is 30.0 Å². The van der Waals surface area contributed by atoms with Gasteiger partial charge in [-0.25, -0.2) is 0 Å². The SMILES string of the molecule is CCCCCOc1ccc(/C=C2/NC(=S)N(CCCC)C2=O)cc1. The van der Waals surface area contributed by atoms with E-state index in [9.17, 15) is 4.79 Å². The van der Waals surface area contributed by atoms with E-state index in [1.165, 1.54) is 12.8 Å². The van der Waals surface area contributed by atoms with Crippen LogP contribution in [-0.2, 0) is 4.79 Å². The Kier molecular flexibility index (Phi) is 7.25. The summed E-state index contributed by atoms with van der Waals surface area (Å²) in [6, 6.07) is 7.78. The fourth-order valence-electron chi connectivity index (χ4n) is 2.46. The maximum Gasteiger partial charge on any atom is 0.276 e. The molecule has 0 unspecified atom stereocenters. The Bertz CT molecular complexity index is 596. The predicted molar refractivity (Wildman–Crippen MR) is 102 cm³/mol. The van der Waals surface area contributed by atoms with Crippen molar-refractivity contribution in [3.8, 4) is 5.75 Å². The quantitative estimate of drug-likeness (QED) is 0.415. The molecule has 1 N–H and O–H groups in total. The number of nitrogens with one attached hydrogen (secondary N) is 1. The standard InChI is InChI=1S/C19H26N2O2S/c1-3-5-7-13-23-16-10-8-15(9-11-16)14-17-18(22)21(12-6-4-2)19(24)20-17/h8-11,14H,3-7,12-13H2,1-2H3,(H,20,24)/b17-14+. The molecular formula is C19H26N2O2S. The van der Waals surface area contributed by atoms with Crippen molar-refractivity contribution in [2.75, 3.05) is 13.2 Å².